The van der Waals surface area contributed by atoms with E-state index < -0.39 is 0 Å². The first-order valence-corrected chi connectivity index (χ1v) is 15.5. The van der Waals surface area contributed by atoms with Gasteiger partial charge in [0, 0.05) is 87.9 Å². The SMILES string of the molecule is C=CC(=O)N1CC2(CCN(c3nc(N4CCC(N5CCN(C)CC5)CC4)nc(-c4c(C)ccc5[nH]ncc45)c3C#N)C2)C1. The number of carbonyl (C=O) groups is 1. The number of rotatable bonds is 5. The standard InChI is InChI=1S/C32H40N10O/c1-4-27(43)42-20-32(21-42)9-12-41(19-32)30-24(17-33)29(28-22(2)5-6-26-25(28)18-34-37-26)35-31(36-30)40-10-7-23(8-11-40)39-15-13-38(3)14-16-39/h4-6,18,23H,1,7-16,19-21H2,2-3H3,(H,34,37). The molecule has 11 heteroatoms. The Kier molecular flexibility index (Phi) is 7.06. The van der Waals surface area contributed by atoms with Gasteiger partial charge in [0.2, 0.25) is 11.9 Å². The van der Waals surface area contributed by atoms with Crippen molar-refractivity contribution in [3.8, 4) is 17.3 Å². The summed E-state index contributed by atoms with van der Waals surface area (Å²) in [7, 11) is 2.20. The summed E-state index contributed by atoms with van der Waals surface area (Å²) < 4.78 is 0. The second kappa shape index (κ2) is 10.9. The third-order valence-corrected chi connectivity index (χ3v) is 10.1. The molecule has 4 aliphatic rings. The predicted molar refractivity (Wildman–Crippen MR) is 167 cm³/mol. The van der Waals surface area contributed by atoms with Crippen molar-refractivity contribution in [2.24, 2.45) is 5.41 Å². The van der Waals surface area contributed by atoms with E-state index in [1.165, 1.54) is 6.08 Å². The van der Waals surface area contributed by atoms with E-state index in [1.807, 2.05) is 17.2 Å². The lowest BCUT2D eigenvalue weighted by Gasteiger charge is -2.47. The quantitative estimate of drug-likeness (QED) is 0.455. The number of piperazine rings is 1. The molecule has 1 amide bonds. The number of H-pyrrole nitrogens is 1. The first kappa shape index (κ1) is 27.8. The van der Waals surface area contributed by atoms with Crippen molar-refractivity contribution in [1.29, 1.82) is 5.26 Å². The molecule has 0 unspecified atom stereocenters. The molecule has 0 aliphatic carbocycles. The van der Waals surface area contributed by atoms with Gasteiger partial charge in [-0.15, -0.1) is 0 Å². The predicted octanol–water partition coefficient (Wildman–Crippen LogP) is 2.64. The summed E-state index contributed by atoms with van der Waals surface area (Å²) in [5.74, 6) is 1.38. The first-order chi connectivity index (χ1) is 20.9. The molecule has 0 radical (unpaired) electrons. The van der Waals surface area contributed by atoms with E-state index in [1.54, 1.807) is 0 Å². The lowest BCUT2D eigenvalue weighted by molar-refractivity contribution is -0.136. The number of amides is 1. The lowest BCUT2D eigenvalue weighted by Crippen LogP contribution is -2.59. The van der Waals surface area contributed by atoms with Crippen LogP contribution in [-0.2, 0) is 4.79 Å². The van der Waals surface area contributed by atoms with Gasteiger partial charge in [0.1, 0.15) is 11.6 Å². The second-order valence-corrected chi connectivity index (χ2v) is 12.9. The van der Waals surface area contributed by atoms with Crippen LogP contribution in [0.3, 0.4) is 0 Å². The molecule has 3 aromatic rings. The number of aromatic amines is 1. The van der Waals surface area contributed by atoms with Crippen molar-refractivity contribution in [2.75, 3.05) is 82.3 Å². The van der Waals surface area contributed by atoms with Gasteiger partial charge < -0.3 is 19.6 Å². The van der Waals surface area contributed by atoms with E-state index >= 15 is 0 Å². The van der Waals surface area contributed by atoms with Gasteiger partial charge in [-0.2, -0.15) is 15.3 Å². The van der Waals surface area contributed by atoms with Gasteiger partial charge >= 0.3 is 0 Å². The van der Waals surface area contributed by atoms with Crippen LogP contribution in [0.15, 0.2) is 31.0 Å². The van der Waals surface area contributed by atoms with Crippen LogP contribution in [-0.4, -0.2) is 119 Å². The number of nitrogens with one attached hydrogen (secondary N) is 1. The molecule has 4 fully saturated rings. The summed E-state index contributed by atoms with van der Waals surface area (Å²) in [6.45, 7) is 15.0. The maximum atomic E-state index is 12.2. The largest absolute Gasteiger partial charge is 0.355 e. The molecule has 4 saturated heterocycles. The molecule has 2 aromatic heterocycles. The number of piperidine rings is 1. The van der Waals surface area contributed by atoms with Gasteiger partial charge in [-0.1, -0.05) is 12.6 Å². The van der Waals surface area contributed by atoms with Crippen LogP contribution in [0.5, 0.6) is 0 Å². The Balaban J connectivity index is 1.23. The molecular weight excluding hydrogens is 540 g/mol. The molecule has 1 aromatic carbocycles. The van der Waals surface area contributed by atoms with E-state index in [2.05, 4.69) is 62.5 Å². The Bertz CT molecular complexity index is 1590. The Hall–Kier alpha value is -4.01. The van der Waals surface area contributed by atoms with Crippen LogP contribution in [0.1, 0.15) is 30.4 Å². The molecule has 43 heavy (non-hydrogen) atoms. The third-order valence-electron chi connectivity index (χ3n) is 10.1. The minimum absolute atomic E-state index is 0.0166. The number of aromatic nitrogens is 4. The van der Waals surface area contributed by atoms with Crippen LogP contribution in [0.25, 0.3) is 22.2 Å². The molecule has 7 rings (SSSR count). The van der Waals surface area contributed by atoms with Gasteiger partial charge in [-0.05, 0) is 50.9 Å². The highest BCUT2D eigenvalue weighted by molar-refractivity contribution is 5.97. The zero-order chi connectivity index (χ0) is 29.7. The van der Waals surface area contributed by atoms with Crippen molar-refractivity contribution >= 4 is 28.6 Å². The Labute approximate surface area is 252 Å². The van der Waals surface area contributed by atoms with Crippen LogP contribution in [0.2, 0.25) is 0 Å². The van der Waals surface area contributed by atoms with Crippen LogP contribution < -0.4 is 9.80 Å². The van der Waals surface area contributed by atoms with Gasteiger partial charge in [-0.3, -0.25) is 14.8 Å². The van der Waals surface area contributed by atoms with Gasteiger partial charge in [-0.25, -0.2) is 4.98 Å². The Morgan fingerprint density at radius 2 is 1.84 bits per heavy atom. The highest BCUT2D eigenvalue weighted by atomic mass is 16.2. The number of hydrogen-bond donors (Lipinski definition) is 1. The zero-order valence-corrected chi connectivity index (χ0v) is 25.2. The normalized spacial score (nSPS) is 21.4. The van der Waals surface area contributed by atoms with E-state index in [0.717, 1.165) is 93.7 Å². The lowest BCUT2D eigenvalue weighted by atomic mass is 9.79. The van der Waals surface area contributed by atoms with Crippen molar-refractivity contribution in [3.05, 3.63) is 42.1 Å². The fourth-order valence-electron chi connectivity index (χ4n) is 7.57. The second-order valence-electron chi connectivity index (χ2n) is 12.9. The highest BCUT2D eigenvalue weighted by Crippen LogP contribution is 2.43. The molecule has 224 valence electrons. The number of fused-ring (bicyclic) bond motifs is 1. The molecule has 1 spiro atoms. The van der Waals surface area contributed by atoms with E-state index in [4.69, 9.17) is 9.97 Å². The average molecular weight is 581 g/mol. The number of likely N-dealkylation sites (N-methyl/N-ethyl adjacent to an activating group) is 1. The van der Waals surface area contributed by atoms with Crippen molar-refractivity contribution in [3.63, 3.8) is 0 Å². The highest BCUT2D eigenvalue weighted by Gasteiger charge is 2.49. The van der Waals surface area contributed by atoms with Crippen LogP contribution in [0.4, 0.5) is 11.8 Å². The van der Waals surface area contributed by atoms with Crippen LogP contribution in [0, 0.1) is 23.7 Å². The fraction of sp³-hybridized carbons (Fsp3) is 0.531. The molecule has 6 heterocycles. The van der Waals surface area contributed by atoms with Crippen molar-refractivity contribution in [1.82, 2.24) is 34.9 Å². The van der Waals surface area contributed by atoms with E-state index in [-0.39, 0.29) is 11.3 Å². The van der Waals surface area contributed by atoms with Crippen LogP contribution >= 0.6 is 0 Å². The number of likely N-dealkylation sites (tertiary alicyclic amines) is 1. The van der Waals surface area contributed by atoms with Gasteiger partial charge in [0.05, 0.1) is 17.4 Å². The molecular formula is C32H40N10O. The molecule has 0 saturated carbocycles. The van der Waals surface area contributed by atoms with Gasteiger partial charge in [0.25, 0.3) is 0 Å². The molecule has 0 bridgehead atoms. The number of benzene rings is 1. The van der Waals surface area contributed by atoms with Crippen molar-refractivity contribution in [2.45, 2.75) is 32.2 Å². The third kappa shape index (κ3) is 4.92. The summed E-state index contributed by atoms with van der Waals surface area (Å²) in [4.78, 5) is 34.0. The smallest absolute Gasteiger partial charge is 0.245 e. The summed E-state index contributed by atoms with van der Waals surface area (Å²) >= 11 is 0. The topological polar surface area (TPSA) is 112 Å². The fourth-order valence-corrected chi connectivity index (χ4v) is 7.57. The Morgan fingerprint density at radius 3 is 2.56 bits per heavy atom. The Morgan fingerprint density at radius 1 is 1.07 bits per heavy atom. The monoisotopic (exact) mass is 580 g/mol. The number of hydrogen-bond acceptors (Lipinski definition) is 9. The maximum absolute atomic E-state index is 12.2. The number of aryl methyl sites for hydroxylation is 1. The average Bonchev–Trinajstić information content (AvgIpc) is 3.68. The molecule has 4 aliphatic heterocycles. The summed E-state index contributed by atoms with van der Waals surface area (Å²) in [6.07, 6.45) is 6.33. The van der Waals surface area contributed by atoms with E-state index in [9.17, 15) is 10.1 Å². The number of anilines is 2. The van der Waals surface area contributed by atoms with Gasteiger partial charge in [0.15, 0.2) is 5.82 Å². The number of nitriles is 1. The zero-order valence-electron chi connectivity index (χ0n) is 25.2. The number of carbonyl (C=O) groups excluding carboxylic acids is 1. The summed E-state index contributed by atoms with van der Waals surface area (Å²) in [6, 6.07) is 7.17. The minimum atomic E-state index is -0.0166. The van der Waals surface area contributed by atoms with Crippen molar-refractivity contribution < 1.29 is 4.79 Å². The maximum Gasteiger partial charge on any atom is 0.245 e. The van der Waals surface area contributed by atoms with E-state index in [0.29, 0.717) is 42.2 Å². The number of nitrogens with zero attached hydrogens (tertiary/aromatic N) is 9. The first-order valence-electron chi connectivity index (χ1n) is 15.5. The summed E-state index contributed by atoms with van der Waals surface area (Å²) in [5, 5.41) is 19.0. The molecule has 0 atom stereocenters. The minimum Gasteiger partial charge on any atom is -0.355 e. The summed E-state index contributed by atoms with van der Waals surface area (Å²) in [5.41, 5.74) is 4.10. The molecule has 11 nitrogen and oxygen atoms in total. The molecule has 1 N–H and O–H groups in total.